The fraction of sp³-hybridized carbons (Fsp3) is 0.238. The van der Waals surface area contributed by atoms with Crippen LogP contribution < -0.4 is 4.90 Å². The van der Waals surface area contributed by atoms with E-state index in [0.717, 1.165) is 49.8 Å². The lowest BCUT2D eigenvalue weighted by molar-refractivity contribution is 0.249. The average molecular weight is 348 g/mol. The van der Waals surface area contributed by atoms with E-state index in [1.807, 2.05) is 12.1 Å². The third-order valence-electron chi connectivity index (χ3n) is 4.74. The first-order chi connectivity index (χ1) is 12.8. The molecule has 1 aliphatic rings. The summed E-state index contributed by atoms with van der Waals surface area (Å²) in [5.41, 5.74) is 2.99. The molecule has 0 saturated carbocycles. The molecular weight excluding hydrogens is 327 g/mol. The number of hydrogen-bond acceptors (Lipinski definition) is 4. The van der Waals surface area contributed by atoms with Gasteiger partial charge in [-0.1, -0.05) is 30.3 Å². The number of aromatic nitrogens is 2. The second-order valence-electron chi connectivity index (χ2n) is 6.53. The molecule has 0 unspecified atom stereocenters. The summed E-state index contributed by atoms with van der Waals surface area (Å²) in [7, 11) is 0. The summed E-state index contributed by atoms with van der Waals surface area (Å²) in [5, 5.41) is 8.69. The van der Waals surface area contributed by atoms with Crippen LogP contribution in [-0.4, -0.2) is 41.3 Å². The Labute approximate surface area is 152 Å². The molecule has 0 amide bonds. The van der Waals surface area contributed by atoms with Crippen molar-refractivity contribution in [1.82, 2.24) is 15.1 Å². The Morgan fingerprint density at radius 2 is 1.50 bits per heavy atom. The highest BCUT2D eigenvalue weighted by atomic mass is 19.1. The number of nitrogens with zero attached hydrogens (tertiary/aromatic N) is 4. The van der Waals surface area contributed by atoms with Crippen LogP contribution in [0.5, 0.6) is 0 Å². The molecule has 1 aromatic heterocycles. The van der Waals surface area contributed by atoms with Gasteiger partial charge in [-0.3, -0.25) is 4.90 Å². The summed E-state index contributed by atoms with van der Waals surface area (Å²) in [6.45, 7) is 4.89. The van der Waals surface area contributed by atoms with Crippen LogP contribution in [-0.2, 0) is 6.54 Å². The summed E-state index contributed by atoms with van der Waals surface area (Å²) in [6.07, 6.45) is 0. The normalized spacial score (nSPS) is 15.2. The van der Waals surface area contributed by atoms with Crippen molar-refractivity contribution < 1.29 is 4.39 Å². The van der Waals surface area contributed by atoms with Gasteiger partial charge in [0.1, 0.15) is 5.82 Å². The number of piperazine rings is 1. The van der Waals surface area contributed by atoms with Crippen molar-refractivity contribution in [3.63, 3.8) is 0 Å². The molecule has 0 radical (unpaired) electrons. The highest BCUT2D eigenvalue weighted by molar-refractivity contribution is 5.59. The Balaban J connectivity index is 1.36. The third-order valence-corrected chi connectivity index (χ3v) is 4.74. The maximum absolute atomic E-state index is 13.0. The average Bonchev–Trinajstić information content (AvgIpc) is 2.70. The van der Waals surface area contributed by atoms with Gasteiger partial charge >= 0.3 is 0 Å². The monoisotopic (exact) mass is 348 g/mol. The Kier molecular flexibility index (Phi) is 4.88. The summed E-state index contributed by atoms with van der Waals surface area (Å²) >= 11 is 0. The molecule has 0 atom stereocenters. The lowest BCUT2D eigenvalue weighted by Crippen LogP contribution is -2.46. The van der Waals surface area contributed by atoms with Gasteiger partial charge in [0.2, 0.25) is 0 Å². The van der Waals surface area contributed by atoms with Gasteiger partial charge in [-0.05, 0) is 42.0 Å². The first-order valence-corrected chi connectivity index (χ1v) is 8.89. The van der Waals surface area contributed by atoms with Crippen molar-refractivity contribution in [3.05, 3.63) is 78.1 Å². The zero-order valence-corrected chi connectivity index (χ0v) is 14.6. The van der Waals surface area contributed by atoms with Gasteiger partial charge in [0, 0.05) is 38.3 Å². The number of benzene rings is 2. The van der Waals surface area contributed by atoms with Crippen LogP contribution >= 0.6 is 0 Å². The van der Waals surface area contributed by atoms with Gasteiger partial charge in [-0.15, -0.1) is 10.2 Å². The predicted molar refractivity (Wildman–Crippen MR) is 101 cm³/mol. The molecule has 1 saturated heterocycles. The Hall–Kier alpha value is -2.79. The second-order valence-corrected chi connectivity index (χ2v) is 6.53. The SMILES string of the molecule is Fc1ccc(-c2ccc(N3CCN(Cc4ccccc4)CC3)nn2)cc1. The van der Waals surface area contributed by atoms with Crippen molar-refractivity contribution in [1.29, 1.82) is 0 Å². The number of rotatable bonds is 4. The molecule has 1 aliphatic heterocycles. The molecule has 5 heteroatoms. The zero-order chi connectivity index (χ0) is 17.8. The van der Waals surface area contributed by atoms with Crippen molar-refractivity contribution in [2.75, 3.05) is 31.1 Å². The van der Waals surface area contributed by atoms with Crippen molar-refractivity contribution in [2.24, 2.45) is 0 Å². The molecule has 2 aromatic carbocycles. The van der Waals surface area contributed by atoms with Crippen molar-refractivity contribution in [2.45, 2.75) is 6.54 Å². The molecule has 0 bridgehead atoms. The van der Waals surface area contributed by atoms with Crippen molar-refractivity contribution in [3.8, 4) is 11.3 Å². The molecule has 4 rings (SSSR count). The van der Waals surface area contributed by atoms with Crippen LogP contribution in [0, 0.1) is 5.82 Å². The molecule has 132 valence electrons. The van der Waals surface area contributed by atoms with Crippen LogP contribution in [0.3, 0.4) is 0 Å². The minimum absolute atomic E-state index is 0.244. The molecule has 4 nitrogen and oxygen atoms in total. The van der Waals surface area contributed by atoms with Crippen molar-refractivity contribution >= 4 is 5.82 Å². The van der Waals surface area contributed by atoms with E-state index in [1.165, 1.54) is 17.7 Å². The maximum atomic E-state index is 13.0. The lowest BCUT2D eigenvalue weighted by Gasteiger charge is -2.35. The fourth-order valence-electron chi connectivity index (χ4n) is 3.25. The molecule has 26 heavy (non-hydrogen) atoms. The predicted octanol–water partition coefficient (Wildman–Crippen LogP) is 3.60. The first-order valence-electron chi connectivity index (χ1n) is 8.89. The highest BCUT2D eigenvalue weighted by Gasteiger charge is 2.18. The summed E-state index contributed by atoms with van der Waals surface area (Å²) in [5.74, 6) is 0.655. The van der Waals surface area contributed by atoms with Gasteiger partial charge < -0.3 is 4.90 Å². The fourth-order valence-corrected chi connectivity index (χ4v) is 3.25. The van der Waals surface area contributed by atoms with E-state index in [4.69, 9.17) is 0 Å². The van der Waals surface area contributed by atoms with Crippen LogP contribution in [0.15, 0.2) is 66.7 Å². The molecule has 1 fully saturated rings. The summed E-state index contributed by atoms with van der Waals surface area (Å²) in [6, 6.07) is 20.8. The Morgan fingerprint density at radius 3 is 2.15 bits per heavy atom. The van der Waals surface area contributed by atoms with Crippen LogP contribution in [0.25, 0.3) is 11.3 Å². The van der Waals surface area contributed by atoms with E-state index in [1.54, 1.807) is 12.1 Å². The third kappa shape index (κ3) is 3.89. The van der Waals surface area contributed by atoms with Gasteiger partial charge in [-0.25, -0.2) is 4.39 Å². The standard InChI is InChI=1S/C21H21FN4/c22-19-8-6-18(7-9-19)20-10-11-21(24-23-20)26-14-12-25(13-15-26)16-17-4-2-1-3-5-17/h1-11H,12-16H2. The zero-order valence-electron chi connectivity index (χ0n) is 14.6. The van der Waals surface area contributed by atoms with E-state index in [0.29, 0.717) is 0 Å². The maximum Gasteiger partial charge on any atom is 0.151 e. The lowest BCUT2D eigenvalue weighted by atomic mass is 10.1. The van der Waals surface area contributed by atoms with E-state index in [9.17, 15) is 4.39 Å². The highest BCUT2D eigenvalue weighted by Crippen LogP contribution is 2.20. The molecule has 0 N–H and O–H groups in total. The first kappa shape index (κ1) is 16.7. The summed E-state index contributed by atoms with van der Waals surface area (Å²) in [4.78, 5) is 4.73. The van der Waals surface area contributed by atoms with Crippen LogP contribution in [0.1, 0.15) is 5.56 Å². The number of halogens is 1. The molecule has 3 aromatic rings. The van der Waals surface area contributed by atoms with Crippen LogP contribution in [0.4, 0.5) is 10.2 Å². The second kappa shape index (κ2) is 7.62. The van der Waals surface area contributed by atoms with Gasteiger partial charge in [0.15, 0.2) is 5.82 Å². The molecule has 0 spiro atoms. The number of hydrogen-bond donors (Lipinski definition) is 0. The van der Waals surface area contributed by atoms with E-state index >= 15 is 0 Å². The molecule has 0 aliphatic carbocycles. The van der Waals surface area contributed by atoms with E-state index in [2.05, 4.69) is 50.3 Å². The minimum Gasteiger partial charge on any atom is -0.353 e. The minimum atomic E-state index is -0.244. The van der Waals surface area contributed by atoms with Gasteiger partial charge in [0.05, 0.1) is 5.69 Å². The Morgan fingerprint density at radius 1 is 0.769 bits per heavy atom. The topological polar surface area (TPSA) is 32.3 Å². The van der Waals surface area contributed by atoms with Crippen LogP contribution in [0.2, 0.25) is 0 Å². The molecular formula is C21H21FN4. The molecule has 2 heterocycles. The number of anilines is 1. The largest absolute Gasteiger partial charge is 0.353 e. The van der Waals surface area contributed by atoms with E-state index in [-0.39, 0.29) is 5.82 Å². The van der Waals surface area contributed by atoms with E-state index < -0.39 is 0 Å². The quantitative estimate of drug-likeness (QED) is 0.721. The van der Waals surface area contributed by atoms with Gasteiger partial charge in [0.25, 0.3) is 0 Å². The Bertz CT molecular complexity index is 826. The van der Waals surface area contributed by atoms with Gasteiger partial charge in [-0.2, -0.15) is 0 Å². The summed E-state index contributed by atoms with van der Waals surface area (Å²) < 4.78 is 13.0. The smallest absolute Gasteiger partial charge is 0.151 e.